The van der Waals surface area contributed by atoms with Crippen LogP contribution in [0, 0.1) is 0 Å². The summed E-state index contributed by atoms with van der Waals surface area (Å²) in [5.41, 5.74) is 3.53. The zero-order valence-electron chi connectivity index (χ0n) is 9.90. The van der Waals surface area contributed by atoms with Crippen molar-refractivity contribution in [2.24, 2.45) is 0 Å². The van der Waals surface area contributed by atoms with Crippen molar-refractivity contribution in [3.8, 4) is 0 Å². The molecule has 3 rings (SSSR count). The molecule has 0 saturated heterocycles. The molecular weight excluding hydrogens is 222 g/mol. The number of rotatable bonds is 2. The van der Waals surface area contributed by atoms with E-state index in [2.05, 4.69) is 39.3 Å². The number of nitrogens with zero attached hydrogens (tertiary/aromatic N) is 3. The van der Waals surface area contributed by atoms with Gasteiger partial charge in [0.25, 0.3) is 0 Å². The first-order valence-corrected chi connectivity index (χ1v) is 5.89. The summed E-state index contributed by atoms with van der Waals surface area (Å²) >= 11 is 0. The Bertz CT molecular complexity index is 573. The summed E-state index contributed by atoms with van der Waals surface area (Å²) in [6.45, 7) is 0.866. The summed E-state index contributed by atoms with van der Waals surface area (Å²) in [4.78, 5) is 10.4. The average molecular weight is 235 g/mol. The Hall–Kier alpha value is -2.42. The van der Waals surface area contributed by atoms with Crippen molar-refractivity contribution < 1.29 is 0 Å². The van der Waals surface area contributed by atoms with Crippen molar-refractivity contribution in [3.63, 3.8) is 0 Å². The summed E-state index contributed by atoms with van der Waals surface area (Å²) < 4.78 is 0. The lowest BCUT2D eigenvalue weighted by Gasteiger charge is -2.22. The van der Waals surface area contributed by atoms with Crippen molar-refractivity contribution in [1.82, 2.24) is 9.97 Å². The predicted octanol–water partition coefficient (Wildman–Crippen LogP) is 2.89. The molecule has 3 heteroatoms. The van der Waals surface area contributed by atoms with E-state index in [4.69, 9.17) is 0 Å². The van der Waals surface area contributed by atoms with Gasteiger partial charge in [-0.3, -0.25) is 9.97 Å². The monoisotopic (exact) mass is 235 g/mol. The molecule has 3 nitrogen and oxygen atoms in total. The van der Waals surface area contributed by atoms with Gasteiger partial charge in [0.1, 0.15) is 0 Å². The Kier molecular flexibility index (Phi) is 2.88. The van der Waals surface area contributed by atoms with Crippen LogP contribution in [0.2, 0.25) is 0 Å². The quantitative estimate of drug-likeness (QED) is 0.801. The first-order valence-electron chi connectivity index (χ1n) is 5.89. The molecule has 0 aromatic carbocycles. The zero-order chi connectivity index (χ0) is 12.2. The first-order chi connectivity index (χ1) is 8.93. The number of hydrogen-bond donors (Lipinski definition) is 0. The van der Waals surface area contributed by atoms with Crippen LogP contribution >= 0.6 is 0 Å². The largest absolute Gasteiger partial charge is 0.344 e. The molecule has 0 unspecified atom stereocenters. The highest BCUT2D eigenvalue weighted by molar-refractivity contribution is 5.76. The lowest BCUT2D eigenvalue weighted by atomic mass is 10.1. The van der Waals surface area contributed by atoms with E-state index in [1.54, 1.807) is 6.20 Å². The molecule has 0 N–H and O–H groups in total. The Morgan fingerprint density at radius 2 is 1.89 bits per heavy atom. The van der Waals surface area contributed by atoms with Crippen LogP contribution in [0.25, 0.3) is 5.57 Å². The minimum absolute atomic E-state index is 0.866. The van der Waals surface area contributed by atoms with Crippen LogP contribution in [-0.4, -0.2) is 16.5 Å². The van der Waals surface area contributed by atoms with Crippen molar-refractivity contribution in [2.75, 3.05) is 11.4 Å². The molecule has 0 fully saturated rings. The van der Waals surface area contributed by atoms with Crippen LogP contribution in [0.15, 0.2) is 67.4 Å². The standard InChI is InChI=1S/C15H13N3/c1-2-14(12-17-7-1)13-5-10-18(11-6-13)15-3-8-16-9-4-15/h1-10,12H,11H2. The van der Waals surface area contributed by atoms with Gasteiger partial charge in [-0.05, 0) is 35.4 Å². The van der Waals surface area contributed by atoms with Crippen LogP contribution < -0.4 is 4.90 Å². The molecule has 1 aliphatic rings. The van der Waals surface area contributed by atoms with E-state index in [1.807, 2.05) is 36.8 Å². The molecule has 0 aliphatic carbocycles. The average Bonchev–Trinajstić information content (AvgIpc) is 2.49. The summed E-state index contributed by atoms with van der Waals surface area (Å²) in [5, 5.41) is 0. The maximum atomic E-state index is 4.14. The molecule has 3 heterocycles. The van der Waals surface area contributed by atoms with E-state index in [-0.39, 0.29) is 0 Å². The molecule has 18 heavy (non-hydrogen) atoms. The molecule has 0 spiro atoms. The van der Waals surface area contributed by atoms with Gasteiger partial charge in [-0.15, -0.1) is 0 Å². The highest BCUT2D eigenvalue weighted by Crippen LogP contribution is 2.22. The van der Waals surface area contributed by atoms with Crippen molar-refractivity contribution in [3.05, 3.63) is 73.0 Å². The molecular formula is C15H13N3. The second-order valence-electron chi connectivity index (χ2n) is 4.07. The van der Waals surface area contributed by atoms with E-state index < -0.39 is 0 Å². The van der Waals surface area contributed by atoms with Crippen LogP contribution in [0.3, 0.4) is 0 Å². The molecule has 0 bridgehead atoms. The number of hydrogen-bond acceptors (Lipinski definition) is 3. The van der Waals surface area contributed by atoms with E-state index >= 15 is 0 Å². The maximum Gasteiger partial charge on any atom is 0.0439 e. The molecule has 88 valence electrons. The molecule has 2 aromatic heterocycles. The Balaban J connectivity index is 1.79. The zero-order valence-corrected chi connectivity index (χ0v) is 9.90. The van der Waals surface area contributed by atoms with Gasteiger partial charge >= 0.3 is 0 Å². The van der Waals surface area contributed by atoms with Gasteiger partial charge in [-0.1, -0.05) is 12.1 Å². The van der Waals surface area contributed by atoms with Crippen molar-refractivity contribution in [1.29, 1.82) is 0 Å². The van der Waals surface area contributed by atoms with Gasteiger partial charge in [0, 0.05) is 43.2 Å². The lowest BCUT2D eigenvalue weighted by molar-refractivity contribution is 1.07. The fraction of sp³-hybridized carbons (Fsp3) is 0.0667. The Morgan fingerprint density at radius 3 is 2.56 bits per heavy atom. The van der Waals surface area contributed by atoms with Crippen molar-refractivity contribution in [2.45, 2.75) is 0 Å². The maximum absolute atomic E-state index is 4.14. The van der Waals surface area contributed by atoms with Crippen LogP contribution in [0.1, 0.15) is 5.56 Å². The minimum atomic E-state index is 0.866. The van der Waals surface area contributed by atoms with Gasteiger partial charge in [-0.25, -0.2) is 0 Å². The van der Waals surface area contributed by atoms with Gasteiger partial charge in [0.2, 0.25) is 0 Å². The molecule has 0 radical (unpaired) electrons. The third-order valence-electron chi connectivity index (χ3n) is 2.93. The summed E-state index contributed by atoms with van der Waals surface area (Å²) in [6.07, 6.45) is 13.7. The topological polar surface area (TPSA) is 29.0 Å². The van der Waals surface area contributed by atoms with Crippen LogP contribution in [0.4, 0.5) is 5.69 Å². The molecule has 2 aromatic rings. The molecule has 0 saturated carbocycles. The summed E-state index contributed by atoms with van der Waals surface area (Å²) in [5.74, 6) is 0. The second-order valence-corrected chi connectivity index (χ2v) is 4.07. The molecule has 1 aliphatic heterocycles. The third-order valence-corrected chi connectivity index (χ3v) is 2.93. The van der Waals surface area contributed by atoms with Crippen molar-refractivity contribution >= 4 is 11.3 Å². The fourth-order valence-corrected chi connectivity index (χ4v) is 1.97. The van der Waals surface area contributed by atoms with E-state index in [9.17, 15) is 0 Å². The van der Waals surface area contributed by atoms with E-state index in [0.29, 0.717) is 0 Å². The molecule has 0 atom stereocenters. The van der Waals surface area contributed by atoms with Crippen LogP contribution in [0.5, 0.6) is 0 Å². The van der Waals surface area contributed by atoms with Gasteiger partial charge in [0.15, 0.2) is 0 Å². The second kappa shape index (κ2) is 4.84. The normalized spacial score (nSPS) is 14.4. The smallest absolute Gasteiger partial charge is 0.0439 e. The van der Waals surface area contributed by atoms with Gasteiger partial charge in [0.05, 0.1) is 0 Å². The summed E-state index contributed by atoms with van der Waals surface area (Å²) in [7, 11) is 0. The SMILES string of the molecule is C1=CN(c2ccncc2)CC=C1c1cccnc1. The highest BCUT2D eigenvalue weighted by Gasteiger charge is 2.07. The number of pyridine rings is 2. The predicted molar refractivity (Wildman–Crippen MR) is 72.9 cm³/mol. The summed E-state index contributed by atoms with van der Waals surface area (Å²) in [6, 6.07) is 8.05. The number of anilines is 1. The number of aromatic nitrogens is 2. The van der Waals surface area contributed by atoms with E-state index in [0.717, 1.165) is 17.8 Å². The minimum Gasteiger partial charge on any atom is -0.344 e. The lowest BCUT2D eigenvalue weighted by Crippen LogP contribution is -2.18. The third kappa shape index (κ3) is 2.15. The van der Waals surface area contributed by atoms with Gasteiger partial charge < -0.3 is 4.90 Å². The van der Waals surface area contributed by atoms with Crippen LogP contribution in [-0.2, 0) is 0 Å². The van der Waals surface area contributed by atoms with Gasteiger partial charge in [-0.2, -0.15) is 0 Å². The molecule has 0 amide bonds. The van der Waals surface area contributed by atoms with E-state index in [1.165, 1.54) is 5.57 Å². The first kappa shape index (κ1) is 10.7. The highest BCUT2D eigenvalue weighted by atomic mass is 15.1. The Labute approximate surface area is 106 Å². The fourth-order valence-electron chi connectivity index (χ4n) is 1.97. The number of allylic oxidation sites excluding steroid dienone is 2. The Morgan fingerprint density at radius 1 is 1.00 bits per heavy atom.